The van der Waals surface area contributed by atoms with Crippen molar-refractivity contribution in [3.8, 4) is 0 Å². The van der Waals surface area contributed by atoms with Crippen LogP contribution in [0.3, 0.4) is 0 Å². The number of unbranched alkanes of at least 4 members (excludes halogenated alkanes) is 63. The van der Waals surface area contributed by atoms with Gasteiger partial charge in [-0.25, -0.2) is 9.13 Å². The van der Waals surface area contributed by atoms with E-state index in [1.165, 1.54) is 327 Å². The molecule has 3 N–H and O–H groups in total. The number of esters is 4. The van der Waals surface area contributed by atoms with Crippen LogP contribution in [0.15, 0.2) is 0 Å². The molecule has 6 atom stereocenters. The van der Waals surface area contributed by atoms with Crippen molar-refractivity contribution in [3.63, 3.8) is 0 Å². The molecule has 0 aliphatic carbocycles. The van der Waals surface area contributed by atoms with Crippen molar-refractivity contribution in [2.75, 3.05) is 39.6 Å². The largest absolute Gasteiger partial charge is 0.472 e. The van der Waals surface area contributed by atoms with E-state index >= 15 is 0 Å². The summed E-state index contributed by atoms with van der Waals surface area (Å²) in [5.74, 6) is -1.22. The van der Waals surface area contributed by atoms with Gasteiger partial charge in [0.1, 0.15) is 19.3 Å². The summed E-state index contributed by atoms with van der Waals surface area (Å²) in [4.78, 5) is 73.4. The average molecular weight is 1620 g/mol. The van der Waals surface area contributed by atoms with Crippen LogP contribution in [0.1, 0.15) is 503 Å². The van der Waals surface area contributed by atoms with Crippen LogP contribution in [0.5, 0.6) is 0 Å². The molecule has 0 aromatic carbocycles. The van der Waals surface area contributed by atoms with Gasteiger partial charge in [0.05, 0.1) is 26.4 Å². The minimum Gasteiger partial charge on any atom is -0.462 e. The Hall–Kier alpha value is -1.94. The minimum absolute atomic E-state index is 0.109. The maximum atomic E-state index is 13.2. The zero-order valence-corrected chi connectivity index (χ0v) is 74.9. The molecule has 0 amide bonds. The summed E-state index contributed by atoms with van der Waals surface area (Å²) in [6.07, 6.45) is 80.6. The number of aliphatic hydroxyl groups is 1. The molecule has 17 nitrogen and oxygen atoms in total. The molecule has 0 aliphatic heterocycles. The van der Waals surface area contributed by atoms with Gasteiger partial charge in [-0.15, -0.1) is 0 Å². The standard InChI is InChI=1S/C92H180O17P2/c1-6-10-13-16-19-22-25-28-30-31-32-33-34-35-39-42-47-51-56-61-66-71-76-90(95)103-82-88(109-92(97)78-73-68-63-58-53-48-43-40-37-36-38-41-45-49-54-59-64-69-74-85(5)9-4)84-107-111(100,101)105-80-86(93)79-104-110(98,99)106-83-87(81-102-89(94)75-70-65-60-55-50-44-27-24-21-18-15-12-8-3)108-91(96)77-72-67-62-57-52-46-29-26-23-20-17-14-11-7-2/h85-88,93H,6-84H2,1-5H3,(H,98,99)(H,100,101)/t85?,86-,87+,88+/m0/s1. The first-order chi connectivity index (χ1) is 54.1. The maximum Gasteiger partial charge on any atom is 0.472 e. The molecule has 3 unspecified atom stereocenters. The van der Waals surface area contributed by atoms with Crippen LogP contribution in [-0.2, 0) is 65.4 Å². The van der Waals surface area contributed by atoms with Crippen LogP contribution in [0.25, 0.3) is 0 Å². The third-order valence-electron chi connectivity index (χ3n) is 22.1. The smallest absolute Gasteiger partial charge is 0.462 e. The number of phosphoric acid groups is 2. The van der Waals surface area contributed by atoms with E-state index in [4.69, 9.17) is 37.0 Å². The van der Waals surface area contributed by atoms with Crippen LogP contribution in [0.2, 0.25) is 0 Å². The zero-order chi connectivity index (χ0) is 81.1. The van der Waals surface area contributed by atoms with Crippen molar-refractivity contribution in [2.24, 2.45) is 5.92 Å². The lowest BCUT2D eigenvalue weighted by Crippen LogP contribution is -2.30. The topological polar surface area (TPSA) is 237 Å². The highest BCUT2D eigenvalue weighted by molar-refractivity contribution is 7.47. The van der Waals surface area contributed by atoms with Crippen molar-refractivity contribution in [3.05, 3.63) is 0 Å². The Labute approximate surface area is 683 Å². The number of carbonyl (C=O) groups is 4. The number of aliphatic hydroxyl groups excluding tert-OH is 1. The Bertz CT molecular complexity index is 2100. The highest BCUT2D eigenvalue weighted by Gasteiger charge is 2.31. The van der Waals surface area contributed by atoms with E-state index in [2.05, 4.69) is 34.6 Å². The first-order valence-electron chi connectivity index (χ1n) is 47.7. The molecule has 0 fully saturated rings. The third kappa shape index (κ3) is 84.3. The van der Waals surface area contributed by atoms with Crippen molar-refractivity contribution in [1.29, 1.82) is 0 Å². The Balaban J connectivity index is 5.23. The van der Waals surface area contributed by atoms with Crippen LogP contribution in [0, 0.1) is 5.92 Å². The highest BCUT2D eigenvalue weighted by Crippen LogP contribution is 2.45. The van der Waals surface area contributed by atoms with Gasteiger partial charge in [0, 0.05) is 25.7 Å². The molecular formula is C92H180O17P2. The molecule has 0 aromatic heterocycles. The van der Waals surface area contributed by atoms with Gasteiger partial charge in [-0.2, -0.15) is 0 Å². The molecule has 19 heteroatoms. The predicted molar refractivity (Wildman–Crippen MR) is 460 cm³/mol. The second-order valence-corrected chi connectivity index (χ2v) is 36.2. The summed E-state index contributed by atoms with van der Waals surface area (Å²) in [5.41, 5.74) is 0. The summed E-state index contributed by atoms with van der Waals surface area (Å²) in [7, 11) is -9.93. The van der Waals surface area contributed by atoms with Crippen molar-refractivity contribution in [2.45, 2.75) is 522 Å². The second-order valence-electron chi connectivity index (χ2n) is 33.3. The summed E-state index contributed by atoms with van der Waals surface area (Å²) < 4.78 is 69.1. The van der Waals surface area contributed by atoms with Gasteiger partial charge in [0.25, 0.3) is 0 Å². The Morgan fingerprint density at radius 1 is 0.252 bits per heavy atom. The van der Waals surface area contributed by atoms with E-state index < -0.39 is 97.5 Å². The molecule has 0 saturated carbocycles. The van der Waals surface area contributed by atoms with Crippen molar-refractivity contribution >= 4 is 39.5 Å². The Morgan fingerprint density at radius 3 is 0.640 bits per heavy atom. The van der Waals surface area contributed by atoms with Crippen molar-refractivity contribution < 1.29 is 80.2 Å². The van der Waals surface area contributed by atoms with E-state index in [0.29, 0.717) is 25.7 Å². The van der Waals surface area contributed by atoms with Gasteiger partial charge >= 0.3 is 39.5 Å². The average Bonchev–Trinajstić information content (AvgIpc) is 0.899. The number of carbonyl (C=O) groups excluding carboxylic acids is 4. The predicted octanol–water partition coefficient (Wildman–Crippen LogP) is 28.7. The lowest BCUT2D eigenvalue weighted by Gasteiger charge is -2.21. The SMILES string of the molecule is CCCCCCCCCCCCCCCCCCCCCCCCC(=O)OC[C@H](COP(=O)(O)OC[C@@H](O)COP(=O)(O)OC[C@@H](COC(=O)CCCCCCCCCCCCCCC)OC(=O)CCCCCCCCCCCCCCCC)OC(=O)CCCCCCCCCCCCCCCCCCCCC(C)CC. The number of hydrogen-bond acceptors (Lipinski definition) is 15. The highest BCUT2D eigenvalue weighted by atomic mass is 31.2. The number of phosphoric ester groups is 2. The molecule has 660 valence electrons. The number of rotatable bonds is 92. The van der Waals surface area contributed by atoms with E-state index in [0.717, 1.165) is 95.8 Å². The second kappa shape index (κ2) is 84.5. The fourth-order valence-corrected chi connectivity index (χ4v) is 16.1. The lowest BCUT2D eigenvalue weighted by atomic mass is 9.99. The summed E-state index contributed by atoms with van der Waals surface area (Å²) in [5, 5.41) is 10.7. The number of ether oxygens (including phenoxy) is 4. The Kier molecular flexibility index (Phi) is 83.0. The molecule has 111 heavy (non-hydrogen) atoms. The zero-order valence-electron chi connectivity index (χ0n) is 73.1. The lowest BCUT2D eigenvalue weighted by molar-refractivity contribution is -0.161. The minimum atomic E-state index is -4.97. The first kappa shape index (κ1) is 109. The van der Waals surface area contributed by atoms with Gasteiger partial charge < -0.3 is 33.8 Å². The first-order valence-corrected chi connectivity index (χ1v) is 50.7. The summed E-state index contributed by atoms with van der Waals surface area (Å²) in [6, 6.07) is 0. The Morgan fingerprint density at radius 2 is 0.432 bits per heavy atom. The molecule has 0 saturated heterocycles. The third-order valence-corrected chi connectivity index (χ3v) is 24.0. The summed E-state index contributed by atoms with van der Waals surface area (Å²) >= 11 is 0. The van der Waals surface area contributed by atoms with E-state index in [9.17, 15) is 43.2 Å². The fraction of sp³-hybridized carbons (Fsp3) is 0.957. The quantitative estimate of drug-likeness (QED) is 0.0222. The van der Waals surface area contributed by atoms with Gasteiger partial charge in [-0.05, 0) is 31.6 Å². The molecule has 0 rings (SSSR count). The molecular weight excluding hydrogens is 1440 g/mol. The molecule has 0 bridgehead atoms. The molecule has 0 heterocycles. The normalized spacial score (nSPS) is 13.9. The van der Waals surface area contributed by atoms with Crippen LogP contribution in [-0.4, -0.2) is 96.7 Å². The van der Waals surface area contributed by atoms with E-state index in [1.807, 2.05) is 0 Å². The van der Waals surface area contributed by atoms with Gasteiger partial charge in [-0.3, -0.25) is 37.3 Å². The fourth-order valence-electron chi connectivity index (χ4n) is 14.5. The van der Waals surface area contributed by atoms with Crippen LogP contribution in [0.4, 0.5) is 0 Å². The van der Waals surface area contributed by atoms with Gasteiger partial charge in [0.15, 0.2) is 12.2 Å². The van der Waals surface area contributed by atoms with Gasteiger partial charge in [-0.1, -0.05) is 452 Å². The van der Waals surface area contributed by atoms with Gasteiger partial charge in [0.2, 0.25) is 0 Å². The monoisotopic (exact) mass is 1620 g/mol. The van der Waals surface area contributed by atoms with Crippen LogP contribution < -0.4 is 0 Å². The van der Waals surface area contributed by atoms with Crippen LogP contribution >= 0.6 is 15.6 Å². The molecule has 0 aromatic rings. The number of hydrogen-bond donors (Lipinski definition) is 3. The maximum absolute atomic E-state index is 13.2. The summed E-state index contributed by atoms with van der Waals surface area (Å²) in [6.45, 7) is 7.47. The van der Waals surface area contributed by atoms with E-state index in [1.54, 1.807) is 0 Å². The molecule has 0 radical (unpaired) electrons. The molecule has 0 aliphatic rings. The van der Waals surface area contributed by atoms with E-state index in [-0.39, 0.29) is 25.7 Å². The van der Waals surface area contributed by atoms with Crippen molar-refractivity contribution in [1.82, 2.24) is 0 Å². The molecule has 0 spiro atoms.